The zero-order valence-electron chi connectivity index (χ0n) is 3.94. The molecule has 0 rings (SSSR count). The van der Waals surface area contributed by atoms with Crippen LogP contribution in [0.4, 0.5) is 0 Å². The molecule has 0 saturated heterocycles. The first kappa shape index (κ1) is 5.98. The third kappa shape index (κ3) is 3.98. The molecular weight excluding hydrogens is 78.8 g/mol. The third-order valence-electron chi connectivity index (χ3n) is 0.432. The van der Waals surface area contributed by atoms with Gasteiger partial charge in [-0.15, -0.1) is 0 Å². The molecule has 0 aliphatic heterocycles. The monoisotopic (exact) mass is 87.1 g/mol. The van der Waals surface area contributed by atoms with Crippen LogP contribution in [0, 0.1) is 0 Å². The molecule has 0 aliphatic carbocycles. The maximum atomic E-state index is 9.47. The van der Waals surface area contributed by atoms with E-state index in [4.69, 9.17) is 0 Å². The Hall–Kier alpha value is -0.0151. The Labute approximate surface area is 38.5 Å². The first-order valence-corrected chi connectivity index (χ1v) is 2.07. The van der Waals surface area contributed by atoms with Crippen LogP contribution in [0.2, 0.25) is 6.32 Å². The second kappa shape index (κ2) is 4.98. The van der Waals surface area contributed by atoms with Gasteiger partial charge in [0, 0.05) is 6.61 Å². The molecule has 0 saturated carbocycles. The normalized spacial score (nSPS) is 8.83. The lowest BCUT2D eigenvalue weighted by molar-refractivity contribution is -0.0382. The van der Waals surface area contributed by atoms with Crippen LogP contribution in [0.5, 0.6) is 0 Å². The van der Waals surface area contributed by atoms with Gasteiger partial charge in [-0.05, 0) is 0 Å². The summed E-state index contributed by atoms with van der Waals surface area (Å²) >= 11 is 0. The quantitative estimate of drug-likeness (QED) is 0.257. The SMILES string of the molecule is BCCOC[O]. The topological polar surface area (TPSA) is 29.1 Å². The minimum absolute atomic E-state index is 0.395. The predicted octanol–water partition coefficient (Wildman–Crippen LogP) is -0.558. The molecule has 0 unspecified atom stereocenters. The van der Waals surface area contributed by atoms with Crippen molar-refractivity contribution >= 4 is 7.85 Å². The lowest BCUT2D eigenvalue weighted by Crippen LogP contribution is -1.91. The summed E-state index contributed by atoms with van der Waals surface area (Å²) in [4.78, 5) is 0. The first-order valence-electron chi connectivity index (χ1n) is 2.07. The minimum atomic E-state index is -0.395. The molecule has 0 bridgehead atoms. The Morgan fingerprint density at radius 3 is 2.50 bits per heavy atom. The molecule has 1 radical (unpaired) electrons. The predicted molar refractivity (Wildman–Crippen MR) is 24.9 cm³/mol. The van der Waals surface area contributed by atoms with Gasteiger partial charge in [-0.2, -0.15) is 0 Å². The summed E-state index contributed by atoms with van der Waals surface area (Å²) in [6.07, 6.45) is 0.933. The van der Waals surface area contributed by atoms with Crippen LogP contribution in [-0.2, 0) is 9.84 Å². The molecule has 0 amide bonds. The van der Waals surface area contributed by atoms with Crippen LogP contribution >= 0.6 is 0 Å². The van der Waals surface area contributed by atoms with E-state index in [-0.39, 0.29) is 0 Å². The zero-order chi connectivity index (χ0) is 4.83. The van der Waals surface area contributed by atoms with E-state index < -0.39 is 6.79 Å². The summed E-state index contributed by atoms with van der Waals surface area (Å²) in [6, 6.07) is 0. The zero-order valence-corrected chi connectivity index (χ0v) is 3.94. The van der Waals surface area contributed by atoms with Gasteiger partial charge in [0.05, 0.1) is 0 Å². The minimum Gasteiger partial charge on any atom is -0.353 e. The average Bonchev–Trinajstić information content (AvgIpc) is 1.61. The lowest BCUT2D eigenvalue weighted by Gasteiger charge is -1.88. The highest BCUT2D eigenvalue weighted by Crippen LogP contribution is 1.72. The van der Waals surface area contributed by atoms with E-state index >= 15 is 0 Å². The van der Waals surface area contributed by atoms with Crippen molar-refractivity contribution in [3.63, 3.8) is 0 Å². The Morgan fingerprint density at radius 1 is 1.67 bits per heavy atom. The fourth-order valence-electron chi connectivity index (χ4n) is 0.203. The van der Waals surface area contributed by atoms with Crippen molar-refractivity contribution in [1.82, 2.24) is 0 Å². The molecule has 0 aromatic heterocycles. The van der Waals surface area contributed by atoms with Gasteiger partial charge in [0.25, 0.3) is 0 Å². The largest absolute Gasteiger partial charge is 0.353 e. The summed E-state index contributed by atoms with van der Waals surface area (Å²) < 4.78 is 4.43. The van der Waals surface area contributed by atoms with Crippen LogP contribution in [0.3, 0.4) is 0 Å². The first-order chi connectivity index (χ1) is 2.91. The highest BCUT2D eigenvalue weighted by Gasteiger charge is 1.75. The summed E-state index contributed by atoms with van der Waals surface area (Å²) in [5.41, 5.74) is 0. The maximum Gasteiger partial charge on any atom is 0.180 e. The molecule has 0 heterocycles. The van der Waals surface area contributed by atoms with E-state index in [2.05, 4.69) is 4.74 Å². The molecule has 6 heavy (non-hydrogen) atoms. The van der Waals surface area contributed by atoms with E-state index in [1.165, 1.54) is 0 Å². The van der Waals surface area contributed by atoms with Crippen LogP contribution in [0.1, 0.15) is 0 Å². The Bertz CT molecular complexity index is 20.8. The van der Waals surface area contributed by atoms with Gasteiger partial charge in [-0.3, -0.25) is 0 Å². The van der Waals surface area contributed by atoms with E-state index in [9.17, 15) is 5.11 Å². The van der Waals surface area contributed by atoms with E-state index in [0.29, 0.717) is 6.61 Å². The second-order valence-electron chi connectivity index (χ2n) is 1.03. The standard InChI is InChI=1S/C3H8BO2/c4-1-2-6-3-5/h1-4H2. The lowest BCUT2D eigenvalue weighted by atomic mass is 10.1. The van der Waals surface area contributed by atoms with Gasteiger partial charge < -0.3 is 4.74 Å². The van der Waals surface area contributed by atoms with Gasteiger partial charge in [0.15, 0.2) is 6.79 Å². The van der Waals surface area contributed by atoms with Crippen LogP contribution < -0.4 is 0 Å². The van der Waals surface area contributed by atoms with Crippen molar-refractivity contribution in [2.75, 3.05) is 13.4 Å². The van der Waals surface area contributed by atoms with E-state index in [1.807, 2.05) is 7.85 Å². The van der Waals surface area contributed by atoms with Gasteiger partial charge >= 0.3 is 0 Å². The molecule has 3 heteroatoms. The van der Waals surface area contributed by atoms with Crippen LogP contribution in [0.15, 0.2) is 0 Å². The molecular formula is C3H8BO2. The molecule has 35 valence electrons. The van der Waals surface area contributed by atoms with Gasteiger partial charge in [-0.1, -0.05) is 6.32 Å². The molecule has 0 aromatic carbocycles. The van der Waals surface area contributed by atoms with Gasteiger partial charge in [0.1, 0.15) is 7.85 Å². The highest BCUT2D eigenvalue weighted by molar-refractivity contribution is 6.08. The summed E-state index contributed by atoms with van der Waals surface area (Å²) in [5, 5.41) is 9.47. The number of hydrogen-bond donors (Lipinski definition) is 0. The van der Waals surface area contributed by atoms with Crippen LogP contribution in [0.25, 0.3) is 0 Å². The summed E-state index contributed by atoms with van der Waals surface area (Å²) in [6.45, 7) is 0.206. The van der Waals surface area contributed by atoms with Gasteiger partial charge in [-0.25, -0.2) is 5.11 Å². The fourth-order valence-corrected chi connectivity index (χ4v) is 0.203. The fraction of sp³-hybridized carbons (Fsp3) is 1.00. The number of hydrogen-bond acceptors (Lipinski definition) is 1. The van der Waals surface area contributed by atoms with Crippen molar-refractivity contribution in [3.8, 4) is 0 Å². The molecule has 0 N–H and O–H groups in total. The Morgan fingerprint density at radius 2 is 2.33 bits per heavy atom. The van der Waals surface area contributed by atoms with Crippen molar-refractivity contribution in [2.24, 2.45) is 0 Å². The third-order valence-corrected chi connectivity index (χ3v) is 0.432. The van der Waals surface area contributed by atoms with Crippen molar-refractivity contribution in [1.29, 1.82) is 0 Å². The smallest absolute Gasteiger partial charge is 0.180 e. The van der Waals surface area contributed by atoms with Crippen LogP contribution in [-0.4, -0.2) is 21.2 Å². The molecule has 0 aromatic rings. The maximum absolute atomic E-state index is 9.47. The second-order valence-corrected chi connectivity index (χ2v) is 1.03. The molecule has 0 atom stereocenters. The van der Waals surface area contributed by atoms with Crippen molar-refractivity contribution in [3.05, 3.63) is 0 Å². The summed E-state index contributed by atoms with van der Waals surface area (Å²) in [7, 11) is 1.97. The summed E-state index contributed by atoms with van der Waals surface area (Å²) in [5.74, 6) is 0. The Kier molecular flexibility index (Phi) is 4.97. The van der Waals surface area contributed by atoms with Crippen molar-refractivity contribution < 1.29 is 9.84 Å². The molecule has 0 fully saturated rings. The highest BCUT2D eigenvalue weighted by atomic mass is 16.6. The van der Waals surface area contributed by atoms with E-state index in [1.54, 1.807) is 0 Å². The van der Waals surface area contributed by atoms with E-state index in [0.717, 1.165) is 6.32 Å². The molecule has 0 spiro atoms. The van der Waals surface area contributed by atoms with Crippen molar-refractivity contribution in [2.45, 2.75) is 6.32 Å². The molecule has 0 aliphatic rings. The number of rotatable bonds is 3. The average molecular weight is 86.9 g/mol. The molecule has 2 nitrogen and oxygen atoms in total. The Balaban J connectivity index is 2.34. The number of ether oxygens (including phenoxy) is 1. The van der Waals surface area contributed by atoms with Gasteiger partial charge in [0.2, 0.25) is 0 Å².